The number of carbonyl (C=O) groups excluding carboxylic acids is 1. The molecule has 4 heteroatoms. The van der Waals surface area contributed by atoms with E-state index in [9.17, 15) is 4.79 Å². The zero-order valence-electron chi connectivity index (χ0n) is 11.2. The van der Waals surface area contributed by atoms with Crippen LogP contribution in [0.2, 0.25) is 0 Å². The Hall–Kier alpha value is -1.68. The van der Waals surface area contributed by atoms with Gasteiger partial charge in [0.2, 0.25) is 5.78 Å². The van der Waals surface area contributed by atoms with E-state index in [1.165, 1.54) is 4.88 Å². The van der Waals surface area contributed by atoms with Crippen molar-refractivity contribution in [2.24, 2.45) is 0 Å². The standard InChI is InChI=1S/C15H17NO2S/c1-3-7-18-12-8-11(9-16-10-12)15(17)14-6-5-13(4-2)19-14/h5-6,8-10H,3-4,7H2,1-2H3. The van der Waals surface area contributed by atoms with E-state index < -0.39 is 0 Å². The number of aryl methyl sites for hydroxylation is 1. The van der Waals surface area contributed by atoms with Crippen LogP contribution in [0.4, 0.5) is 0 Å². The maximum atomic E-state index is 12.3. The highest BCUT2D eigenvalue weighted by Crippen LogP contribution is 2.21. The molecule has 2 aromatic rings. The van der Waals surface area contributed by atoms with Crippen LogP contribution in [-0.2, 0) is 6.42 Å². The molecule has 0 bridgehead atoms. The van der Waals surface area contributed by atoms with E-state index in [0.29, 0.717) is 17.9 Å². The van der Waals surface area contributed by atoms with Crippen LogP contribution in [0.25, 0.3) is 0 Å². The van der Waals surface area contributed by atoms with Crippen LogP contribution in [0.15, 0.2) is 30.6 Å². The molecule has 0 spiro atoms. The number of nitrogens with zero attached hydrogens (tertiary/aromatic N) is 1. The lowest BCUT2D eigenvalue weighted by Gasteiger charge is -2.05. The Balaban J connectivity index is 2.18. The molecule has 0 aliphatic carbocycles. The van der Waals surface area contributed by atoms with Crippen molar-refractivity contribution < 1.29 is 9.53 Å². The van der Waals surface area contributed by atoms with Gasteiger partial charge in [-0.05, 0) is 31.0 Å². The van der Waals surface area contributed by atoms with E-state index >= 15 is 0 Å². The van der Waals surface area contributed by atoms with Gasteiger partial charge in [-0.1, -0.05) is 13.8 Å². The number of rotatable bonds is 6. The lowest BCUT2D eigenvalue weighted by Crippen LogP contribution is -2.01. The van der Waals surface area contributed by atoms with Gasteiger partial charge in [0.05, 0.1) is 17.7 Å². The summed E-state index contributed by atoms with van der Waals surface area (Å²) < 4.78 is 5.50. The second kappa shape index (κ2) is 6.48. The first-order chi connectivity index (χ1) is 9.24. The van der Waals surface area contributed by atoms with Crippen molar-refractivity contribution in [1.29, 1.82) is 0 Å². The van der Waals surface area contributed by atoms with E-state index in [4.69, 9.17) is 4.74 Å². The molecule has 100 valence electrons. The van der Waals surface area contributed by atoms with Crippen LogP contribution in [0.5, 0.6) is 5.75 Å². The Morgan fingerprint density at radius 3 is 2.84 bits per heavy atom. The lowest BCUT2D eigenvalue weighted by atomic mass is 10.1. The van der Waals surface area contributed by atoms with Crippen molar-refractivity contribution in [3.8, 4) is 5.75 Å². The average molecular weight is 275 g/mol. The molecular weight excluding hydrogens is 258 g/mol. The summed E-state index contributed by atoms with van der Waals surface area (Å²) in [6, 6.07) is 5.64. The highest BCUT2D eigenvalue weighted by atomic mass is 32.1. The maximum absolute atomic E-state index is 12.3. The second-order valence-electron chi connectivity index (χ2n) is 4.21. The molecule has 2 heterocycles. The average Bonchev–Trinajstić information content (AvgIpc) is 2.93. The summed E-state index contributed by atoms with van der Waals surface area (Å²) in [5, 5.41) is 0. The number of hydrogen-bond donors (Lipinski definition) is 0. The third kappa shape index (κ3) is 3.41. The quantitative estimate of drug-likeness (QED) is 0.754. The van der Waals surface area contributed by atoms with Crippen molar-refractivity contribution >= 4 is 17.1 Å². The highest BCUT2D eigenvalue weighted by Gasteiger charge is 2.12. The van der Waals surface area contributed by atoms with Crippen molar-refractivity contribution in [3.05, 3.63) is 45.9 Å². The summed E-state index contributed by atoms with van der Waals surface area (Å²) in [7, 11) is 0. The third-order valence-electron chi connectivity index (χ3n) is 2.68. The number of ether oxygens (including phenoxy) is 1. The number of pyridine rings is 1. The fourth-order valence-electron chi connectivity index (χ4n) is 1.67. The van der Waals surface area contributed by atoms with Crippen LogP contribution in [0, 0.1) is 0 Å². The van der Waals surface area contributed by atoms with Crippen molar-refractivity contribution in [2.45, 2.75) is 26.7 Å². The first-order valence-electron chi connectivity index (χ1n) is 6.45. The molecular formula is C15H17NO2S. The van der Waals surface area contributed by atoms with Crippen molar-refractivity contribution in [1.82, 2.24) is 4.98 Å². The van der Waals surface area contributed by atoms with Gasteiger partial charge in [0, 0.05) is 16.6 Å². The minimum Gasteiger partial charge on any atom is -0.492 e. The van der Waals surface area contributed by atoms with Crippen LogP contribution < -0.4 is 4.74 Å². The molecule has 0 radical (unpaired) electrons. The van der Waals surface area contributed by atoms with E-state index in [-0.39, 0.29) is 5.78 Å². The maximum Gasteiger partial charge on any atom is 0.204 e. The third-order valence-corrected chi connectivity index (χ3v) is 3.91. The van der Waals surface area contributed by atoms with Gasteiger partial charge < -0.3 is 4.74 Å². The fraction of sp³-hybridized carbons (Fsp3) is 0.333. The summed E-state index contributed by atoms with van der Waals surface area (Å²) in [6.07, 6.45) is 5.11. The second-order valence-corrected chi connectivity index (χ2v) is 5.37. The molecule has 0 amide bonds. The van der Waals surface area contributed by atoms with Crippen molar-refractivity contribution in [3.63, 3.8) is 0 Å². The SMILES string of the molecule is CCCOc1cncc(C(=O)c2ccc(CC)s2)c1. The summed E-state index contributed by atoms with van der Waals surface area (Å²) in [5.74, 6) is 0.666. The normalized spacial score (nSPS) is 10.4. The van der Waals surface area contributed by atoms with Gasteiger partial charge >= 0.3 is 0 Å². The van der Waals surface area contributed by atoms with E-state index in [2.05, 4.69) is 11.9 Å². The van der Waals surface area contributed by atoms with Gasteiger partial charge in [0.1, 0.15) is 5.75 Å². The molecule has 0 aromatic carbocycles. The van der Waals surface area contributed by atoms with Crippen LogP contribution >= 0.6 is 11.3 Å². The van der Waals surface area contributed by atoms with Crippen LogP contribution in [-0.4, -0.2) is 17.4 Å². The molecule has 0 N–H and O–H groups in total. The number of aromatic nitrogens is 1. The highest BCUT2D eigenvalue weighted by molar-refractivity contribution is 7.14. The van der Waals surface area contributed by atoms with Gasteiger partial charge in [-0.2, -0.15) is 0 Å². The summed E-state index contributed by atoms with van der Waals surface area (Å²) in [4.78, 5) is 18.4. The van der Waals surface area contributed by atoms with E-state index in [0.717, 1.165) is 17.7 Å². The Morgan fingerprint density at radius 1 is 1.32 bits per heavy atom. The zero-order valence-corrected chi connectivity index (χ0v) is 12.0. The molecule has 0 aliphatic rings. The van der Waals surface area contributed by atoms with Crippen LogP contribution in [0.3, 0.4) is 0 Å². The number of carbonyl (C=O) groups is 1. The molecule has 2 rings (SSSR count). The topological polar surface area (TPSA) is 39.2 Å². The summed E-state index contributed by atoms with van der Waals surface area (Å²) in [6.45, 7) is 4.76. The molecule has 0 saturated carbocycles. The van der Waals surface area contributed by atoms with Gasteiger partial charge in [0.15, 0.2) is 0 Å². The molecule has 0 saturated heterocycles. The molecule has 3 nitrogen and oxygen atoms in total. The van der Waals surface area contributed by atoms with Gasteiger partial charge in [-0.25, -0.2) is 0 Å². The summed E-state index contributed by atoms with van der Waals surface area (Å²) in [5.41, 5.74) is 0.582. The van der Waals surface area contributed by atoms with Gasteiger partial charge in [0.25, 0.3) is 0 Å². The van der Waals surface area contributed by atoms with Crippen molar-refractivity contribution in [2.75, 3.05) is 6.61 Å². The van der Waals surface area contributed by atoms with Gasteiger partial charge in [-0.3, -0.25) is 9.78 Å². The minimum atomic E-state index is 0.0131. The Labute approximate surface area is 117 Å². The monoisotopic (exact) mass is 275 g/mol. The largest absolute Gasteiger partial charge is 0.492 e. The molecule has 0 fully saturated rings. The minimum absolute atomic E-state index is 0.0131. The van der Waals surface area contributed by atoms with E-state index in [1.54, 1.807) is 29.8 Å². The fourth-order valence-corrected chi connectivity index (χ4v) is 2.58. The number of thiophene rings is 1. The Kier molecular flexibility index (Phi) is 4.68. The number of ketones is 1. The predicted octanol–water partition coefficient (Wildman–Crippen LogP) is 3.73. The first kappa shape index (κ1) is 13.7. The predicted molar refractivity (Wildman–Crippen MR) is 77.2 cm³/mol. The Morgan fingerprint density at radius 2 is 2.16 bits per heavy atom. The molecule has 2 aromatic heterocycles. The van der Waals surface area contributed by atoms with Gasteiger partial charge in [-0.15, -0.1) is 11.3 Å². The van der Waals surface area contributed by atoms with Crippen LogP contribution in [0.1, 0.15) is 40.4 Å². The first-order valence-corrected chi connectivity index (χ1v) is 7.27. The smallest absolute Gasteiger partial charge is 0.204 e. The molecule has 0 atom stereocenters. The Bertz CT molecular complexity index is 563. The molecule has 0 aliphatic heterocycles. The molecule has 19 heavy (non-hydrogen) atoms. The zero-order chi connectivity index (χ0) is 13.7. The number of hydrogen-bond acceptors (Lipinski definition) is 4. The molecule has 0 unspecified atom stereocenters. The van der Waals surface area contributed by atoms with E-state index in [1.807, 2.05) is 19.1 Å². The lowest BCUT2D eigenvalue weighted by molar-refractivity contribution is 0.104. The summed E-state index contributed by atoms with van der Waals surface area (Å²) >= 11 is 1.54.